The highest BCUT2D eigenvalue weighted by Gasteiger charge is 2.09. The molecule has 0 unspecified atom stereocenters. The van der Waals surface area contributed by atoms with Crippen LogP contribution >= 0.6 is 0 Å². The van der Waals surface area contributed by atoms with Crippen molar-refractivity contribution in [3.63, 3.8) is 0 Å². The summed E-state index contributed by atoms with van der Waals surface area (Å²) in [5, 5.41) is 2.10. The van der Waals surface area contributed by atoms with E-state index in [-0.39, 0.29) is 6.61 Å². The van der Waals surface area contributed by atoms with Crippen molar-refractivity contribution in [1.29, 1.82) is 0 Å². The normalized spacial score (nSPS) is 10.4. The monoisotopic (exact) mass is 456 g/mol. The molecule has 0 aliphatic heterocycles. The lowest BCUT2D eigenvalue weighted by Gasteiger charge is -2.10. The number of ether oxygens (including phenoxy) is 3. The first-order chi connectivity index (χ1) is 16.7. The SMILES string of the molecule is O=C(COc1ccc2ccccc2c1)NNC(=O)c1ccc(OCCOc2ccccc2)cc1. The largest absolute Gasteiger partial charge is 0.490 e. The van der Waals surface area contributed by atoms with Gasteiger partial charge in [-0.25, -0.2) is 0 Å². The number of fused-ring (bicyclic) bond motifs is 1. The number of carbonyl (C=O) groups excluding carboxylic acids is 2. The molecule has 4 rings (SSSR count). The van der Waals surface area contributed by atoms with Gasteiger partial charge in [0.2, 0.25) is 0 Å². The number of hydrogen-bond donors (Lipinski definition) is 2. The zero-order chi connectivity index (χ0) is 23.6. The Bertz CT molecular complexity index is 1240. The van der Waals surface area contributed by atoms with Crippen LogP contribution in [0.4, 0.5) is 0 Å². The standard InChI is InChI=1S/C27H24N2O5/c30-26(19-34-25-15-10-20-6-4-5-7-22(20)18-25)28-29-27(31)21-11-13-24(14-12-21)33-17-16-32-23-8-2-1-3-9-23/h1-15,18H,16-17,19H2,(H,28,30)(H,29,31). The summed E-state index contributed by atoms with van der Waals surface area (Å²) in [4.78, 5) is 24.3. The van der Waals surface area contributed by atoms with Crippen LogP contribution in [-0.4, -0.2) is 31.6 Å². The molecule has 0 fully saturated rings. The quantitative estimate of drug-likeness (QED) is 0.292. The number of amides is 2. The molecule has 0 atom stereocenters. The summed E-state index contributed by atoms with van der Waals surface area (Å²) in [5.74, 6) is 1.05. The molecule has 34 heavy (non-hydrogen) atoms. The molecule has 172 valence electrons. The number of nitrogens with one attached hydrogen (secondary N) is 2. The number of hydrazine groups is 1. The molecule has 7 heteroatoms. The number of rotatable bonds is 9. The second-order valence-electron chi connectivity index (χ2n) is 7.33. The second kappa shape index (κ2) is 11.4. The van der Waals surface area contributed by atoms with Gasteiger partial charge in [-0.05, 0) is 59.3 Å². The molecular weight excluding hydrogens is 432 g/mol. The topological polar surface area (TPSA) is 85.9 Å². The van der Waals surface area contributed by atoms with E-state index in [1.165, 1.54) is 0 Å². The third-order valence-corrected chi connectivity index (χ3v) is 4.89. The predicted octanol–water partition coefficient (Wildman–Crippen LogP) is 4.14. The molecule has 0 heterocycles. The molecule has 7 nitrogen and oxygen atoms in total. The summed E-state index contributed by atoms with van der Waals surface area (Å²) in [6, 6.07) is 29.5. The van der Waals surface area contributed by atoms with Crippen LogP contribution < -0.4 is 25.1 Å². The molecule has 0 radical (unpaired) electrons. The molecule has 2 N–H and O–H groups in total. The first kappa shape index (κ1) is 22.7. The Kier molecular flexibility index (Phi) is 7.58. The Hall–Kier alpha value is -4.52. The first-order valence-electron chi connectivity index (χ1n) is 10.8. The van der Waals surface area contributed by atoms with Gasteiger partial charge in [-0.2, -0.15) is 0 Å². The van der Waals surface area contributed by atoms with Gasteiger partial charge in [0.15, 0.2) is 6.61 Å². The van der Waals surface area contributed by atoms with Gasteiger partial charge in [-0.3, -0.25) is 20.4 Å². The maximum atomic E-state index is 12.3. The number of para-hydroxylation sites is 1. The fourth-order valence-electron chi connectivity index (χ4n) is 3.18. The van der Waals surface area contributed by atoms with Crippen molar-refractivity contribution in [3.8, 4) is 17.2 Å². The van der Waals surface area contributed by atoms with Crippen molar-refractivity contribution in [2.45, 2.75) is 0 Å². The number of carbonyl (C=O) groups is 2. The highest BCUT2D eigenvalue weighted by molar-refractivity contribution is 5.95. The minimum atomic E-state index is -0.472. The third-order valence-electron chi connectivity index (χ3n) is 4.89. The minimum Gasteiger partial charge on any atom is -0.490 e. The van der Waals surface area contributed by atoms with Crippen LogP contribution in [0.5, 0.6) is 17.2 Å². The maximum absolute atomic E-state index is 12.3. The van der Waals surface area contributed by atoms with E-state index in [1.807, 2.05) is 66.7 Å². The van der Waals surface area contributed by atoms with E-state index in [2.05, 4.69) is 10.9 Å². The molecule has 0 saturated carbocycles. The Morgan fingerprint density at radius 1 is 0.588 bits per heavy atom. The van der Waals surface area contributed by atoms with Crippen molar-refractivity contribution < 1.29 is 23.8 Å². The van der Waals surface area contributed by atoms with Gasteiger partial charge in [0.1, 0.15) is 30.5 Å². The summed E-state index contributed by atoms with van der Waals surface area (Å²) in [6.45, 7) is 0.545. The lowest BCUT2D eigenvalue weighted by Crippen LogP contribution is -2.43. The van der Waals surface area contributed by atoms with E-state index in [0.717, 1.165) is 16.5 Å². The van der Waals surface area contributed by atoms with Gasteiger partial charge in [0, 0.05) is 5.56 Å². The lowest BCUT2D eigenvalue weighted by atomic mass is 10.1. The molecule has 0 bridgehead atoms. The maximum Gasteiger partial charge on any atom is 0.276 e. The second-order valence-corrected chi connectivity index (χ2v) is 7.33. The molecule has 0 spiro atoms. The van der Waals surface area contributed by atoms with Crippen LogP contribution in [0.15, 0.2) is 97.1 Å². The Morgan fingerprint density at radius 2 is 1.21 bits per heavy atom. The summed E-state index contributed by atoms with van der Waals surface area (Å²) in [7, 11) is 0. The van der Waals surface area contributed by atoms with Crippen LogP contribution in [0, 0.1) is 0 Å². The van der Waals surface area contributed by atoms with Crippen LogP contribution in [0.2, 0.25) is 0 Å². The number of benzene rings is 4. The van der Waals surface area contributed by atoms with Crippen LogP contribution in [0.3, 0.4) is 0 Å². The van der Waals surface area contributed by atoms with Crippen LogP contribution in [0.25, 0.3) is 10.8 Å². The van der Waals surface area contributed by atoms with Crippen molar-refractivity contribution in [3.05, 3.63) is 103 Å². The molecule has 0 aromatic heterocycles. The molecule has 0 saturated heterocycles. The lowest BCUT2D eigenvalue weighted by molar-refractivity contribution is -0.123. The smallest absolute Gasteiger partial charge is 0.276 e. The summed E-state index contributed by atoms with van der Waals surface area (Å²) in [5.41, 5.74) is 5.10. The molecule has 4 aromatic rings. The Labute approximate surface area is 197 Å². The predicted molar refractivity (Wildman–Crippen MR) is 129 cm³/mol. The fourth-order valence-corrected chi connectivity index (χ4v) is 3.18. The summed E-state index contributed by atoms with van der Waals surface area (Å²) < 4.78 is 16.7. The number of hydrogen-bond acceptors (Lipinski definition) is 5. The highest BCUT2D eigenvalue weighted by atomic mass is 16.5. The molecule has 4 aromatic carbocycles. The molecule has 2 amide bonds. The van der Waals surface area contributed by atoms with E-state index in [1.54, 1.807) is 30.3 Å². The van der Waals surface area contributed by atoms with Gasteiger partial charge >= 0.3 is 0 Å². The average Bonchev–Trinajstić information content (AvgIpc) is 2.89. The molecule has 0 aliphatic rings. The minimum absolute atomic E-state index is 0.226. The zero-order valence-electron chi connectivity index (χ0n) is 18.4. The summed E-state index contributed by atoms with van der Waals surface area (Å²) >= 11 is 0. The van der Waals surface area contributed by atoms with Crippen molar-refractivity contribution in [1.82, 2.24) is 10.9 Å². The highest BCUT2D eigenvalue weighted by Crippen LogP contribution is 2.20. The van der Waals surface area contributed by atoms with E-state index in [9.17, 15) is 9.59 Å². The summed E-state index contributed by atoms with van der Waals surface area (Å²) in [6.07, 6.45) is 0. The van der Waals surface area contributed by atoms with E-state index < -0.39 is 11.8 Å². The van der Waals surface area contributed by atoms with E-state index in [0.29, 0.717) is 30.3 Å². The third kappa shape index (κ3) is 6.49. The van der Waals surface area contributed by atoms with E-state index in [4.69, 9.17) is 14.2 Å². The average molecular weight is 456 g/mol. The fraction of sp³-hybridized carbons (Fsp3) is 0.111. The Balaban J connectivity index is 1.17. The van der Waals surface area contributed by atoms with Crippen molar-refractivity contribution >= 4 is 22.6 Å². The Morgan fingerprint density at radius 3 is 1.94 bits per heavy atom. The van der Waals surface area contributed by atoms with Gasteiger partial charge in [0.05, 0.1) is 0 Å². The van der Waals surface area contributed by atoms with Gasteiger partial charge in [-0.15, -0.1) is 0 Å². The van der Waals surface area contributed by atoms with Crippen LogP contribution in [-0.2, 0) is 4.79 Å². The van der Waals surface area contributed by atoms with Gasteiger partial charge in [0.25, 0.3) is 11.8 Å². The van der Waals surface area contributed by atoms with Crippen molar-refractivity contribution in [2.75, 3.05) is 19.8 Å². The van der Waals surface area contributed by atoms with Gasteiger partial charge < -0.3 is 14.2 Å². The van der Waals surface area contributed by atoms with Crippen molar-refractivity contribution in [2.24, 2.45) is 0 Å². The van der Waals surface area contributed by atoms with Crippen LogP contribution in [0.1, 0.15) is 10.4 Å². The molecular formula is C27H24N2O5. The zero-order valence-corrected chi connectivity index (χ0v) is 18.4. The van der Waals surface area contributed by atoms with E-state index >= 15 is 0 Å². The first-order valence-corrected chi connectivity index (χ1v) is 10.8. The van der Waals surface area contributed by atoms with Gasteiger partial charge in [-0.1, -0.05) is 48.5 Å². The molecule has 0 aliphatic carbocycles.